The smallest absolute Gasteiger partial charge is 0.421 e. The molecule has 2 N–H and O–H groups in total. The minimum absolute atomic E-state index is 0.0494. The minimum atomic E-state index is -4.61. The lowest BCUT2D eigenvalue weighted by Gasteiger charge is -2.17. The van der Waals surface area contributed by atoms with Crippen molar-refractivity contribution in [2.75, 3.05) is 10.6 Å². The van der Waals surface area contributed by atoms with Crippen molar-refractivity contribution in [1.29, 1.82) is 0 Å². The zero-order valence-corrected chi connectivity index (χ0v) is 19.9. The first-order valence-electron chi connectivity index (χ1n) is 12.4. The highest BCUT2D eigenvalue weighted by Crippen LogP contribution is 2.36. The molecule has 2 saturated carbocycles. The van der Waals surface area contributed by atoms with E-state index >= 15 is 0 Å². The van der Waals surface area contributed by atoms with Gasteiger partial charge in [-0.15, -0.1) is 0 Å². The Morgan fingerprint density at radius 3 is 2.03 bits per heavy atom. The second-order valence-electron chi connectivity index (χ2n) is 9.30. The van der Waals surface area contributed by atoms with Crippen LogP contribution in [0.3, 0.4) is 0 Å². The van der Waals surface area contributed by atoms with Gasteiger partial charge in [0.1, 0.15) is 22.9 Å². The fraction of sp³-hybridized carbons (Fsp3) is 0.407. The molecule has 0 amide bonds. The number of halogens is 3. The standard InChI is InChI=1S/C27H29F3N4O2/c28-27(29,30)24-17-31-26(33-18-12-14-22(15-13-18)35-20-7-1-2-8-20)34-25(24)32-19-6-5-11-23(16-19)36-21-9-3-4-10-21/h5-6,11-17,20-21H,1-4,7-10H2,(H2,31,32,33,34). The van der Waals surface area contributed by atoms with Gasteiger partial charge in [-0.3, -0.25) is 0 Å². The number of alkyl halides is 3. The summed E-state index contributed by atoms with van der Waals surface area (Å²) in [5.41, 5.74) is 0.149. The van der Waals surface area contributed by atoms with Gasteiger partial charge >= 0.3 is 6.18 Å². The van der Waals surface area contributed by atoms with Gasteiger partial charge in [-0.05, 0) is 87.8 Å². The number of benzene rings is 2. The number of aromatic nitrogens is 2. The predicted molar refractivity (Wildman–Crippen MR) is 132 cm³/mol. The Bertz CT molecular complexity index is 1160. The molecule has 0 bridgehead atoms. The molecule has 0 spiro atoms. The Hall–Kier alpha value is -3.49. The summed E-state index contributed by atoms with van der Waals surface area (Å²) >= 11 is 0. The fourth-order valence-electron chi connectivity index (χ4n) is 4.67. The SMILES string of the molecule is FC(F)(F)c1cnc(Nc2ccc(OC3CCCC3)cc2)nc1Nc1cccc(OC2CCCC2)c1. The van der Waals surface area contributed by atoms with Crippen LogP contribution in [0.1, 0.15) is 56.9 Å². The highest BCUT2D eigenvalue weighted by molar-refractivity contribution is 5.64. The lowest BCUT2D eigenvalue weighted by atomic mass is 10.2. The quantitative estimate of drug-likeness (QED) is 0.333. The number of anilines is 4. The van der Waals surface area contributed by atoms with Crippen LogP contribution in [0.4, 0.5) is 36.3 Å². The Labute approximate surface area is 208 Å². The molecule has 0 radical (unpaired) electrons. The Morgan fingerprint density at radius 1 is 0.750 bits per heavy atom. The van der Waals surface area contributed by atoms with Crippen LogP contribution in [0.25, 0.3) is 0 Å². The van der Waals surface area contributed by atoms with Crippen LogP contribution in [0, 0.1) is 0 Å². The van der Waals surface area contributed by atoms with Gasteiger partial charge in [0.15, 0.2) is 0 Å². The number of rotatable bonds is 8. The number of ether oxygens (including phenoxy) is 2. The highest BCUT2D eigenvalue weighted by atomic mass is 19.4. The van der Waals surface area contributed by atoms with E-state index in [1.807, 2.05) is 12.1 Å². The van der Waals surface area contributed by atoms with Gasteiger partial charge in [-0.1, -0.05) is 6.07 Å². The van der Waals surface area contributed by atoms with Crippen LogP contribution in [0.5, 0.6) is 11.5 Å². The molecule has 0 aliphatic heterocycles. The van der Waals surface area contributed by atoms with Gasteiger partial charge in [-0.2, -0.15) is 18.2 Å². The zero-order chi connectivity index (χ0) is 25.0. The molecule has 190 valence electrons. The summed E-state index contributed by atoms with van der Waals surface area (Å²) in [6.45, 7) is 0. The Morgan fingerprint density at radius 2 is 1.39 bits per heavy atom. The van der Waals surface area contributed by atoms with Gasteiger partial charge in [0.2, 0.25) is 5.95 Å². The summed E-state index contributed by atoms with van der Waals surface area (Å²) in [5.74, 6) is 1.10. The van der Waals surface area contributed by atoms with Crippen LogP contribution < -0.4 is 20.1 Å². The second kappa shape index (κ2) is 10.6. The van der Waals surface area contributed by atoms with Crippen molar-refractivity contribution in [1.82, 2.24) is 9.97 Å². The van der Waals surface area contributed by atoms with Crippen molar-refractivity contribution in [3.05, 3.63) is 60.3 Å². The van der Waals surface area contributed by atoms with Crippen molar-refractivity contribution in [3.63, 3.8) is 0 Å². The summed E-state index contributed by atoms with van der Waals surface area (Å²) in [5, 5.41) is 5.79. The lowest BCUT2D eigenvalue weighted by Crippen LogP contribution is -2.13. The number of nitrogens with zero attached hydrogens (tertiary/aromatic N) is 2. The van der Waals surface area contributed by atoms with Gasteiger partial charge in [0, 0.05) is 23.6 Å². The molecule has 1 heterocycles. The summed E-state index contributed by atoms with van der Waals surface area (Å²) in [6.07, 6.45) is 5.30. The average Bonchev–Trinajstić information content (AvgIpc) is 3.55. The van der Waals surface area contributed by atoms with Gasteiger partial charge in [0.05, 0.1) is 12.2 Å². The van der Waals surface area contributed by atoms with E-state index < -0.39 is 11.7 Å². The molecule has 2 aromatic carbocycles. The van der Waals surface area contributed by atoms with E-state index in [2.05, 4.69) is 20.6 Å². The minimum Gasteiger partial charge on any atom is -0.490 e. The van der Waals surface area contributed by atoms with Crippen LogP contribution in [-0.4, -0.2) is 22.2 Å². The maximum atomic E-state index is 13.7. The first-order chi connectivity index (χ1) is 17.4. The molecular weight excluding hydrogens is 469 g/mol. The molecule has 9 heteroatoms. The third kappa shape index (κ3) is 6.19. The molecule has 0 atom stereocenters. The van der Waals surface area contributed by atoms with Crippen molar-refractivity contribution >= 4 is 23.1 Å². The maximum Gasteiger partial charge on any atom is 0.421 e. The molecule has 2 fully saturated rings. The lowest BCUT2D eigenvalue weighted by molar-refractivity contribution is -0.137. The number of hydrogen-bond donors (Lipinski definition) is 2. The van der Waals surface area contributed by atoms with Crippen molar-refractivity contribution in [3.8, 4) is 11.5 Å². The first kappa shape index (κ1) is 24.2. The number of hydrogen-bond acceptors (Lipinski definition) is 6. The van der Waals surface area contributed by atoms with Crippen LogP contribution in [0.15, 0.2) is 54.7 Å². The van der Waals surface area contributed by atoms with E-state index in [9.17, 15) is 13.2 Å². The van der Waals surface area contributed by atoms with Crippen LogP contribution in [-0.2, 0) is 6.18 Å². The van der Waals surface area contributed by atoms with Gasteiger partial charge in [0.25, 0.3) is 0 Å². The van der Waals surface area contributed by atoms with Gasteiger partial charge in [-0.25, -0.2) is 4.98 Å². The molecule has 3 aromatic rings. The zero-order valence-electron chi connectivity index (χ0n) is 19.9. The molecule has 6 nitrogen and oxygen atoms in total. The van der Waals surface area contributed by atoms with E-state index in [4.69, 9.17) is 9.47 Å². The van der Waals surface area contributed by atoms with E-state index in [0.29, 0.717) is 17.1 Å². The van der Waals surface area contributed by atoms with Crippen molar-refractivity contribution in [2.45, 2.75) is 69.8 Å². The predicted octanol–water partition coefficient (Wildman–Crippen LogP) is 7.63. The molecule has 2 aliphatic carbocycles. The summed E-state index contributed by atoms with van der Waals surface area (Å²) in [7, 11) is 0. The summed E-state index contributed by atoms with van der Waals surface area (Å²) < 4.78 is 53.0. The Balaban J connectivity index is 1.31. The van der Waals surface area contributed by atoms with E-state index in [1.165, 1.54) is 12.8 Å². The molecule has 2 aliphatic rings. The fourth-order valence-corrected chi connectivity index (χ4v) is 4.67. The molecule has 1 aromatic heterocycles. The monoisotopic (exact) mass is 498 g/mol. The molecule has 0 saturated heterocycles. The summed E-state index contributed by atoms with van der Waals surface area (Å²) in [6, 6.07) is 14.2. The normalized spacial score (nSPS) is 16.8. The Kier molecular flexibility index (Phi) is 7.16. The van der Waals surface area contributed by atoms with Crippen LogP contribution >= 0.6 is 0 Å². The maximum absolute atomic E-state index is 13.7. The van der Waals surface area contributed by atoms with Crippen molar-refractivity contribution < 1.29 is 22.6 Å². The third-order valence-corrected chi connectivity index (χ3v) is 6.51. The highest BCUT2D eigenvalue weighted by Gasteiger charge is 2.35. The average molecular weight is 499 g/mol. The largest absolute Gasteiger partial charge is 0.490 e. The molecule has 0 unspecified atom stereocenters. The van der Waals surface area contributed by atoms with E-state index in [0.717, 1.165) is 50.5 Å². The van der Waals surface area contributed by atoms with Crippen LogP contribution in [0.2, 0.25) is 0 Å². The van der Waals surface area contributed by atoms with E-state index in [-0.39, 0.29) is 24.0 Å². The molecule has 5 rings (SSSR count). The van der Waals surface area contributed by atoms with E-state index in [1.54, 1.807) is 36.4 Å². The topological polar surface area (TPSA) is 68.3 Å². The molecular formula is C27H29F3N4O2. The molecule has 36 heavy (non-hydrogen) atoms. The second-order valence-corrected chi connectivity index (χ2v) is 9.30. The first-order valence-corrected chi connectivity index (χ1v) is 12.4. The van der Waals surface area contributed by atoms with Gasteiger partial charge < -0.3 is 20.1 Å². The third-order valence-electron chi connectivity index (χ3n) is 6.51. The summed E-state index contributed by atoms with van der Waals surface area (Å²) in [4.78, 5) is 8.04. The number of nitrogens with one attached hydrogen (secondary N) is 2. The van der Waals surface area contributed by atoms with Crippen molar-refractivity contribution in [2.24, 2.45) is 0 Å².